The van der Waals surface area contributed by atoms with Gasteiger partial charge in [-0.25, -0.2) is 9.78 Å². The van der Waals surface area contributed by atoms with Gasteiger partial charge in [0.2, 0.25) is 0 Å². The summed E-state index contributed by atoms with van der Waals surface area (Å²) < 4.78 is 4.61. The molecule has 30 heavy (non-hydrogen) atoms. The molecule has 10 heteroatoms. The Labute approximate surface area is 188 Å². The smallest absolute Gasteiger partial charge is 0.339 e. The topological polar surface area (TPSA) is 97.4 Å². The molecular formula is C20H18Cl3N3O4. The normalized spacial score (nSPS) is 14.4. The van der Waals surface area contributed by atoms with Gasteiger partial charge >= 0.3 is 17.8 Å². The Hall–Kier alpha value is -2.35. The van der Waals surface area contributed by atoms with Gasteiger partial charge in [0, 0.05) is 21.8 Å². The molecule has 0 atom stereocenters. The summed E-state index contributed by atoms with van der Waals surface area (Å²) in [6, 6.07) is 6.47. The van der Waals surface area contributed by atoms with E-state index >= 15 is 0 Å². The van der Waals surface area contributed by atoms with Gasteiger partial charge in [-0.05, 0) is 49.4 Å². The van der Waals surface area contributed by atoms with E-state index in [1.807, 2.05) is 0 Å². The number of anilines is 1. The highest BCUT2D eigenvalue weighted by Crippen LogP contribution is 2.37. The molecule has 0 aliphatic heterocycles. The predicted octanol–water partition coefficient (Wildman–Crippen LogP) is 4.05. The second-order valence-corrected chi connectivity index (χ2v) is 8.21. The first-order chi connectivity index (χ1) is 14.2. The van der Waals surface area contributed by atoms with E-state index in [1.54, 1.807) is 18.2 Å². The number of hydrogen-bond donors (Lipinski definition) is 2. The van der Waals surface area contributed by atoms with Crippen LogP contribution >= 0.6 is 34.8 Å². The van der Waals surface area contributed by atoms with Crippen LogP contribution in [0.15, 0.2) is 30.5 Å². The van der Waals surface area contributed by atoms with Gasteiger partial charge in [-0.1, -0.05) is 40.9 Å². The second kappa shape index (κ2) is 9.20. The van der Waals surface area contributed by atoms with Gasteiger partial charge in [-0.15, -0.1) is 0 Å². The van der Waals surface area contributed by atoms with Crippen LogP contribution in [0, 0.1) is 0 Å². The third kappa shape index (κ3) is 5.03. The summed E-state index contributed by atoms with van der Waals surface area (Å²) in [6.07, 6.45) is 4.03. The maximum atomic E-state index is 12.5. The van der Waals surface area contributed by atoms with Crippen molar-refractivity contribution in [1.29, 1.82) is 0 Å². The first-order valence-corrected chi connectivity index (χ1v) is 10.2. The molecule has 1 aromatic carbocycles. The van der Waals surface area contributed by atoms with Crippen molar-refractivity contribution in [2.45, 2.75) is 31.2 Å². The number of esters is 1. The fourth-order valence-electron chi connectivity index (χ4n) is 3.22. The lowest BCUT2D eigenvalue weighted by Crippen LogP contribution is -2.57. The maximum absolute atomic E-state index is 12.5. The molecule has 158 valence electrons. The summed E-state index contributed by atoms with van der Waals surface area (Å²) in [6.45, 7) is 0. The Morgan fingerprint density at radius 3 is 2.47 bits per heavy atom. The molecule has 1 fully saturated rings. The van der Waals surface area contributed by atoms with Gasteiger partial charge in [0.1, 0.15) is 0 Å². The molecule has 2 N–H and O–H groups in total. The molecule has 1 aromatic heterocycles. The van der Waals surface area contributed by atoms with Gasteiger partial charge in [-0.2, -0.15) is 0 Å². The number of nitrogens with zero attached hydrogens (tertiary/aromatic N) is 1. The molecule has 0 spiro atoms. The number of pyridine rings is 1. The molecule has 1 saturated carbocycles. The molecule has 1 aliphatic rings. The quantitative estimate of drug-likeness (QED) is 0.390. The average molecular weight is 471 g/mol. The van der Waals surface area contributed by atoms with Crippen molar-refractivity contribution >= 4 is 58.3 Å². The fraction of sp³-hybridized carbons (Fsp3) is 0.300. The van der Waals surface area contributed by atoms with E-state index in [0.717, 1.165) is 12.0 Å². The molecule has 3 rings (SSSR count). The van der Waals surface area contributed by atoms with Crippen molar-refractivity contribution in [3.8, 4) is 0 Å². The molecule has 1 aliphatic carbocycles. The summed E-state index contributed by atoms with van der Waals surface area (Å²) in [5.41, 5.74) is 0.384. The van der Waals surface area contributed by atoms with Gasteiger partial charge in [0.05, 0.1) is 18.4 Å². The van der Waals surface area contributed by atoms with Crippen LogP contribution in [0.3, 0.4) is 0 Å². The third-order valence-electron chi connectivity index (χ3n) is 4.95. The molecule has 7 nitrogen and oxygen atoms in total. The van der Waals surface area contributed by atoms with E-state index in [-0.39, 0.29) is 16.4 Å². The molecule has 0 saturated heterocycles. The van der Waals surface area contributed by atoms with E-state index in [4.69, 9.17) is 34.8 Å². The lowest BCUT2D eigenvalue weighted by Gasteiger charge is -2.42. The van der Waals surface area contributed by atoms with E-state index in [9.17, 15) is 14.4 Å². The number of amides is 2. The molecule has 2 amide bonds. The minimum atomic E-state index is -0.922. The van der Waals surface area contributed by atoms with Crippen molar-refractivity contribution < 1.29 is 19.1 Å². The Balaban J connectivity index is 1.70. The van der Waals surface area contributed by atoms with Crippen LogP contribution in [0.25, 0.3) is 0 Å². The Morgan fingerprint density at radius 2 is 1.87 bits per heavy atom. The SMILES string of the molecule is COC(=O)c1cnc(Cl)c(NC(=O)C(=O)NC2(Cc3ccc(Cl)cc3Cl)CCC2)c1. The molecule has 1 heterocycles. The van der Waals surface area contributed by atoms with Crippen molar-refractivity contribution in [3.05, 3.63) is 56.8 Å². The van der Waals surface area contributed by atoms with E-state index in [2.05, 4.69) is 20.4 Å². The van der Waals surface area contributed by atoms with Crippen LogP contribution in [-0.4, -0.2) is 35.4 Å². The number of halogens is 3. The highest BCUT2D eigenvalue weighted by molar-refractivity contribution is 6.41. The highest BCUT2D eigenvalue weighted by Gasteiger charge is 2.40. The largest absolute Gasteiger partial charge is 0.465 e. The standard InChI is InChI=1S/C20H18Cl3N3O4/c1-30-19(29)12-7-15(16(23)24-10-12)25-17(27)18(28)26-20(5-2-6-20)9-11-3-4-13(21)8-14(11)22/h3-4,7-8,10H,2,5-6,9H2,1H3,(H,25,27)(H,26,28). The number of rotatable bonds is 5. The number of aromatic nitrogens is 1. The lowest BCUT2D eigenvalue weighted by molar-refractivity contribution is -0.138. The zero-order valence-corrected chi connectivity index (χ0v) is 18.2. The summed E-state index contributed by atoms with van der Waals surface area (Å²) in [7, 11) is 1.22. The summed E-state index contributed by atoms with van der Waals surface area (Å²) in [4.78, 5) is 40.4. The number of carbonyl (C=O) groups excluding carboxylic acids is 3. The Morgan fingerprint density at radius 1 is 1.13 bits per heavy atom. The number of ether oxygens (including phenoxy) is 1. The highest BCUT2D eigenvalue weighted by atomic mass is 35.5. The van der Waals surface area contributed by atoms with Gasteiger partial charge < -0.3 is 15.4 Å². The van der Waals surface area contributed by atoms with Crippen molar-refractivity contribution in [2.75, 3.05) is 12.4 Å². The van der Waals surface area contributed by atoms with Crippen LogP contribution in [-0.2, 0) is 20.7 Å². The second-order valence-electron chi connectivity index (χ2n) is 7.01. The first-order valence-electron chi connectivity index (χ1n) is 9.04. The summed E-state index contributed by atoms with van der Waals surface area (Å²) in [5.74, 6) is -2.39. The average Bonchev–Trinajstić information content (AvgIpc) is 2.68. The van der Waals surface area contributed by atoms with Crippen molar-refractivity contribution in [3.63, 3.8) is 0 Å². The number of nitrogens with one attached hydrogen (secondary N) is 2. The Bertz CT molecular complexity index is 1010. The zero-order chi connectivity index (χ0) is 21.9. The Kier molecular flexibility index (Phi) is 6.85. The molecular weight excluding hydrogens is 453 g/mol. The number of carbonyl (C=O) groups is 3. The minimum absolute atomic E-state index is 0.0307. The van der Waals surface area contributed by atoms with Gasteiger partial charge in [-0.3, -0.25) is 9.59 Å². The molecule has 2 aromatic rings. The van der Waals surface area contributed by atoms with Crippen LogP contribution in [0.1, 0.15) is 35.2 Å². The molecule has 0 bridgehead atoms. The maximum Gasteiger partial charge on any atom is 0.339 e. The van der Waals surface area contributed by atoms with Crippen molar-refractivity contribution in [1.82, 2.24) is 10.3 Å². The number of hydrogen-bond acceptors (Lipinski definition) is 5. The van der Waals surface area contributed by atoms with Crippen LogP contribution in [0.5, 0.6) is 0 Å². The summed E-state index contributed by atoms with van der Waals surface area (Å²) in [5, 5.41) is 6.16. The minimum Gasteiger partial charge on any atom is -0.465 e. The zero-order valence-electron chi connectivity index (χ0n) is 15.9. The van der Waals surface area contributed by atoms with Crippen LogP contribution < -0.4 is 10.6 Å². The lowest BCUT2D eigenvalue weighted by atomic mass is 9.72. The van der Waals surface area contributed by atoms with Crippen LogP contribution in [0.4, 0.5) is 5.69 Å². The fourth-order valence-corrected chi connectivity index (χ4v) is 3.85. The van der Waals surface area contributed by atoms with Gasteiger partial charge in [0.25, 0.3) is 0 Å². The van der Waals surface area contributed by atoms with E-state index in [0.29, 0.717) is 29.3 Å². The van der Waals surface area contributed by atoms with Crippen LogP contribution in [0.2, 0.25) is 15.2 Å². The molecule has 0 unspecified atom stereocenters. The predicted molar refractivity (Wildman–Crippen MR) is 114 cm³/mol. The monoisotopic (exact) mass is 469 g/mol. The number of methoxy groups -OCH3 is 1. The van der Waals surface area contributed by atoms with Crippen molar-refractivity contribution in [2.24, 2.45) is 0 Å². The number of benzene rings is 1. The molecule has 0 radical (unpaired) electrons. The van der Waals surface area contributed by atoms with E-state index in [1.165, 1.54) is 19.4 Å². The van der Waals surface area contributed by atoms with Gasteiger partial charge in [0.15, 0.2) is 5.15 Å². The first kappa shape index (κ1) is 22.3. The third-order valence-corrected chi connectivity index (χ3v) is 5.84. The summed E-state index contributed by atoms with van der Waals surface area (Å²) >= 11 is 18.2. The van der Waals surface area contributed by atoms with E-state index < -0.39 is 23.3 Å².